The SMILES string of the molecule is COC1CCC(CC2CCN(CCCI)CC2)CC1. The third-order valence-corrected chi connectivity index (χ3v) is 5.87. The highest BCUT2D eigenvalue weighted by atomic mass is 127. The zero-order valence-electron chi connectivity index (χ0n) is 12.5. The van der Waals surface area contributed by atoms with E-state index < -0.39 is 0 Å². The molecule has 1 heterocycles. The number of hydrogen-bond acceptors (Lipinski definition) is 2. The molecule has 19 heavy (non-hydrogen) atoms. The highest BCUT2D eigenvalue weighted by molar-refractivity contribution is 14.1. The Hall–Kier alpha value is 0.650. The number of nitrogens with zero attached hydrogens (tertiary/aromatic N) is 1. The molecule has 2 nitrogen and oxygen atoms in total. The molecule has 2 fully saturated rings. The molecule has 0 N–H and O–H groups in total. The van der Waals surface area contributed by atoms with E-state index in [1.807, 2.05) is 7.11 Å². The van der Waals surface area contributed by atoms with E-state index in [0.29, 0.717) is 6.10 Å². The van der Waals surface area contributed by atoms with Crippen LogP contribution in [-0.2, 0) is 4.74 Å². The molecule has 0 atom stereocenters. The van der Waals surface area contributed by atoms with Gasteiger partial charge in [0.1, 0.15) is 0 Å². The fourth-order valence-electron chi connectivity index (χ4n) is 3.80. The van der Waals surface area contributed by atoms with Crippen LogP contribution in [0.5, 0.6) is 0 Å². The molecule has 0 radical (unpaired) electrons. The van der Waals surface area contributed by atoms with E-state index in [0.717, 1.165) is 11.8 Å². The number of hydrogen-bond donors (Lipinski definition) is 0. The van der Waals surface area contributed by atoms with Crippen molar-refractivity contribution in [1.29, 1.82) is 0 Å². The van der Waals surface area contributed by atoms with E-state index in [1.165, 1.54) is 75.4 Å². The van der Waals surface area contributed by atoms with Gasteiger partial charge in [-0.1, -0.05) is 22.6 Å². The van der Waals surface area contributed by atoms with Crippen molar-refractivity contribution in [2.75, 3.05) is 31.2 Å². The maximum Gasteiger partial charge on any atom is 0.0571 e. The zero-order chi connectivity index (χ0) is 13.5. The smallest absolute Gasteiger partial charge is 0.0571 e. The Bertz CT molecular complexity index is 233. The normalized spacial score (nSPS) is 30.6. The average molecular weight is 379 g/mol. The van der Waals surface area contributed by atoms with Crippen molar-refractivity contribution in [1.82, 2.24) is 4.90 Å². The monoisotopic (exact) mass is 379 g/mol. The first-order valence-corrected chi connectivity index (χ1v) is 9.65. The number of rotatable bonds is 6. The molecule has 0 unspecified atom stereocenters. The van der Waals surface area contributed by atoms with E-state index in [9.17, 15) is 0 Å². The molecule has 112 valence electrons. The first-order valence-electron chi connectivity index (χ1n) is 8.13. The summed E-state index contributed by atoms with van der Waals surface area (Å²) in [7, 11) is 1.87. The molecule has 0 amide bonds. The van der Waals surface area contributed by atoms with Gasteiger partial charge in [0.15, 0.2) is 0 Å². The number of piperidine rings is 1. The quantitative estimate of drug-likeness (QED) is 0.509. The van der Waals surface area contributed by atoms with Gasteiger partial charge in [-0.2, -0.15) is 0 Å². The summed E-state index contributed by atoms with van der Waals surface area (Å²) in [5.74, 6) is 2.01. The summed E-state index contributed by atoms with van der Waals surface area (Å²) in [5.41, 5.74) is 0. The number of alkyl halides is 1. The molecular formula is C16H30INO. The molecule has 2 rings (SSSR count). The van der Waals surface area contributed by atoms with Crippen LogP contribution in [-0.4, -0.2) is 42.2 Å². The largest absolute Gasteiger partial charge is 0.381 e. The highest BCUT2D eigenvalue weighted by Crippen LogP contribution is 2.33. The summed E-state index contributed by atoms with van der Waals surface area (Å²) in [6.45, 7) is 4.04. The lowest BCUT2D eigenvalue weighted by atomic mass is 9.79. The molecule has 0 aromatic heterocycles. The second-order valence-corrected chi connectivity index (χ2v) is 7.52. The Kier molecular flexibility index (Phi) is 7.45. The average Bonchev–Trinajstić information content (AvgIpc) is 2.47. The minimum atomic E-state index is 0.561. The summed E-state index contributed by atoms with van der Waals surface area (Å²) in [4.78, 5) is 2.68. The van der Waals surface area contributed by atoms with Gasteiger partial charge in [0, 0.05) is 11.5 Å². The Morgan fingerprint density at radius 1 is 1.00 bits per heavy atom. The third kappa shape index (κ3) is 5.50. The van der Waals surface area contributed by atoms with Gasteiger partial charge in [-0.15, -0.1) is 0 Å². The predicted octanol–water partition coefficient (Wildman–Crippen LogP) is 4.12. The van der Waals surface area contributed by atoms with Gasteiger partial charge in [-0.3, -0.25) is 0 Å². The first-order chi connectivity index (χ1) is 9.31. The lowest BCUT2D eigenvalue weighted by Gasteiger charge is -2.35. The molecule has 0 spiro atoms. The summed E-state index contributed by atoms with van der Waals surface area (Å²) in [5, 5.41) is 0. The van der Waals surface area contributed by atoms with Crippen LogP contribution in [0, 0.1) is 11.8 Å². The van der Waals surface area contributed by atoms with Crippen LogP contribution in [0.2, 0.25) is 0 Å². The van der Waals surface area contributed by atoms with Gasteiger partial charge in [0.05, 0.1) is 6.10 Å². The first kappa shape index (κ1) is 16.0. The van der Waals surface area contributed by atoms with Gasteiger partial charge in [0.2, 0.25) is 0 Å². The van der Waals surface area contributed by atoms with Crippen molar-refractivity contribution in [2.24, 2.45) is 11.8 Å². The van der Waals surface area contributed by atoms with Gasteiger partial charge < -0.3 is 9.64 Å². The summed E-state index contributed by atoms with van der Waals surface area (Å²) in [6, 6.07) is 0. The fourth-order valence-corrected chi connectivity index (χ4v) is 4.14. The van der Waals surface area contributed by atoms with Crippen LogP contribution in [0.4, 0.5) is 0 Å². The lowest BCUT2D eigenvalue weighted by molar-refractivity contribution is 0.0499. The van der Waals surface area contributed by atoms with E-state index in [1.54, 1.807) is 0 Å². The Labute approximate surface area is 132 Å². The molecule has 1 aliphatic carbocycles. The maximum absolute atomic E-state index is 5.47. The fraction of sp³-hybridized carbons (Fsp3) is 1.00. The molecule has 0 aromatic rings. The molecule has 1 saturated heterocycles. The molecular weight excluding hydrogens is 349 g/mol. The van der Waals surface area contributed by atoms with E-state index in [4.69, 9.17) is 4.74 Å². The van der Waals surface area contributed by atoms with E-state index >= 15 is 0 Å². The van der Waals surface area contributed by atoms with Crippen LogP contribution in [0.25, 0.3) is 0 Å². The summed E-state index contributed by atoms with van der Waals surface area (Å²) >= 11 is 2.49. The van der Waals surface area contributed by atoms with E-state index in [2.05, 4.69) is 27.5 Å². The molecule has 1 saturated carbocycles. The minimum absolute atomic E-state index is 0.561. The van der Waals surface area contributed by atoms with Gasteiger partial charge in [-0.05, 0) is 82.8 Å². The molecule has 2 aliphatic rings. The Morgan fingerprint density at radius 3 is 2.21 bits per heavy atom. The van der Waals surface area contributed by atoms with Crippen LogP contribution in [0.3, 0.4) is 0 Å². The predicted molar refractivity (Wildman–Crippen MR) is 90.0 cm³/mol. The van der Waals surface area contributed by atoms with Crippen molar-refractivity contribution < 1.29 is 4.74 Å². The number of likely N-dealkylation sites (tertiary alicyclic amines) is 1. The summed E-state index contributed by atoms with van der Waals surface area (Å²) < 4.78 is 6.78. The number of halogens is 1. The summed E-state index contributed by atoms with van der Waals surface area (Å²) in [6.07, 6.45) is 11.7. The second kappa shape index (κ2) is 8.83. The van der Waals surface area contributed by atoms with Crippen molar-refractivity contribution in [2.45, 2.75) is 57.5 Å². The highest BCUT2D eigenvalue weighted by Gasteiger charge is 2.25. The maximum atomic E-state index is 5.47. The van der Waals surface area contributed by atoms with Crippen molar-refractivity contribution >= 4 is 22.6 Å². The van der Waals surface area contributed by atoms with Gasteiger partial charge >= 0.3 is 0 Å². The van der Waals surface area contributed by atoms with Crippen molar-refractivity contribution in [3.63, 3.8) is 0 Å². The minimum Gasteiger partial charge on any atom is -0.381 e. The molecule has 1 aliphatic heterocycles. The standard InChI is InChI=1S/C16H30INO/c1-19-16-5-3-14(4-6-16)13-15-7-11-18(12-8-15)10-2-9-17/h14-16H,2-13H2,1H3. The lowest BCUT2D eigenvalue weighted by Crippen LogP contribution is -2.35. The molecule has 0 bridgehead atoms. The Morgan fingerprint density at radius 2 is 1.63 bits per heavy atom. The number of methoxy groups -OCH3 is 1. The van der Waals surface area contributed by atoms with Crippen LogP contribution >= 0.6 is 22.6 Å². The molecule has 0 aromatic carbocycles. The second-order valence-electron chi connectivity index (χ2n) is 6.44. The van der Waals surface area contributed by atoms with Crippen molar-refractivity contribution in [3.8, 4) is 0 Å². The molecule has 3 heteroatoms. The van der Waals surface area contributed by atoms with Gasteiger partial charge in [0.25, 0.3) is 0 Å². The van der Waals surface area contributed by atoms with Crippen LogP contribution in [0.15, 0.2) is 0 Å². The topological polar surface area (TPSA) is 12.5 Å². The number of ether oxygens (including phenoxy) is 1. The van der Waals surface area contributed by atoms with Crippen LogP contribution < -0.4 is 0 Å². The van der Waals surface area contributed by atoms with E-state index in [-0.39, 0.29) is 0 Å². The third-order valence-electron chi connectivity index (χ3n) is 5.11. The Balaban J connectivity index is 1.60. The van der Waals surface area contributed by atoms with Crippen LogP contribution in [0.1, 0.15) is 51.4 Å². The van der Waals surface area contributed by atoms with Crippen molar-refractivity contribution in [3.05, 3.63) is 0 Å². The zero-order valence-corrected chi connectivity index (χ0v) is 14.6. The van der Waals surface area contributed by atoms with Gasteiger partial charge in [-0.25, -0.2) is 0 Å².